The summed E-state index contributed by atoms with van der Waals surface area (Å²) in [6, 6.07) is 0. The fraction of sp³-hybridized carbons (Fsp3) is 0.679. The summed E-state index contributed by atoms with van der Waals surface area (Å²) in [5.41, 5.74) is 1.52. The summed E-state index contributed by atoms with van der Waals surface area (Å²) in [5, 5.41) is 0. The summed E-state index contributed by atoms with van der Waals surface area (Å²) in [6.45, 7) is 17.2. The monoisotopic (exact) mass is 796 g/mol. The molecule has 1 rings (SSSR count). The molecule has 1 fully saturated rings. The van der Waals surface area contributed by atoms with Crippen LogP contribution in [-0.2, 0) is 4.74 Å². The Hall–Kier alpha value is -2.60. The van der Waals surface area contributed by atoms with Gasteiger partial charge in [-0.05, 0) is 122 Å². The van der Waals surface area contributed by atoms with Gasteiger partial charge in [0.2, 0.25) is 0 Å². The summed E-state index contributed by atoms with van der Waals surface area (Å²) in [5.74, 6) is 6.59. The summed E-state index contributed by atoms with van der Waals surface area (Å²) < 4.78 is 7.11. The van der Waals surface area contributed by atoms with Gasteiger partial charge in [0.15, 0.2) is 0 Å². The average Bonchev–Trinajstić information content (AvgIpc) is 3.62. The standard InChI is InChI=1S/C56H93NO/c1-8-12-14-16-18-20-22-24-26-28-30-32-34-36-38-40-42-48-56(49-43-41-39-37-35-33-31-29-27-25-23-21-19-17-15-13-9-2)50-46-54(58-56)47-51-57(7)52-55(5,6)53(44-10-3)45-11-4/h8,10-12,18-21,24-27,44-45,54H,3,9,13-17,22-23,29,31-43,46-52H2,1-2,4-7H3/b12-8+,20-18-,21-19-,26-24-,27-25-,45-11-,53-44+. The lowest BCUT2D eigenvalue weighted by Crippen LogP contribution is -2.35. The molecule has 1 saturated heterocycles. The molecular weight excluding hydrogens is 703 g/mol. The molecule has 1 heterocycles. The highest BCUT2D eigenvalue weighted by Gasteiger charge is 2.39. The van der Waals surface area contributed by atoms with E-state index in [1.807, 2.05) is 12.2 Å². The van der Waals surface area contributed by atoms with Gasteiger partial charge in [-0.3, -0.25) is 0 Å². The molecule has 58 heavy (non-hydrogen) atoms. The fourth-order valence-corrected chi connectivity index (χ4v) is 8.33. The molecule has 2 heteroatoms. The molecule has 2 nitrogen and oxygen atoms in total. The maximum atomic E-state index is 7.11. The van der Waals surface area contributed by atoms with Crippen molar-refractivity contribution in [2.24, 2.45) is 5.41 Å². The lowest BCUT2D eigenvalue weighted by molar-refractivity contribution is -0.0592. The van der Waals surface area contributed by atoms with E-state index < -0.39 is 0 Å². The van der Waals surface area contributed by atoms with Gasteiger partial charge >= 0.3 is 0 Å². The van der Waals surface area contributed by atoms with Crippen molar-refractivity contribution in [2.45, 2.75) is 220 Å². The topological polar surface area (TPSA) is 12.5 Å². The van der Waals surface area contributed by atoms with Crippen LogP contribution < -0.4 is 0 Å². The van der Waals surface area contributed by atoms with E-state index in [0.29, 0.717) is 6.10 Å². The summed E-state index contributed by atoms with van der Waals surface area (Å²) in [7, 11) is 2.28. The maximum absolute atomic E-state index is 7.11. The van der Waals surface area contributed by atoms with Crippen molar-refractivity contribution >= 4 is 0 Å². The SMILES string of the molecule is C=C/C=C(\C=C/C)C(C)(C)CN(C)CCC1CCC(CCCCCCCC#C/C=C\C/C=C\CC/C=C/C)(CCCCCCCCC/C=C\C/C=C\CCCCC)O1. The largest absolute Gasteiger partial charge is 0.372 e. The van der Waals surface area contributed by atoms with Crippen LogP contribution in [0.15, 0.2) is 97.2 Å². The number of hydrogen-bond acceptors (Lipinski definition) is 2. The van der Waals surface area contributed by atoms with Crippen molar-refractivity contribution in [1.29, 1.82) is 0 Å². The minimum absolute atomic E-state index is 0.0738. The molecule has 2 atom stereocenters. The molecule has 0 amide bonds. The second-order valence-corrected chi connectivity index (χ2v) is 17.8. The van der Waals surface area contributed by atoms with Crippen molar-refractivity contribution in [2.75, 3.05) is 20.1 Å². The number of nitrogens with zero attached hydrogens (tertiary/aromatic N) is 1. The summed E-state index contributed by atoms with van der Waals surface area (Å²) >= 11 is 0. The Balaban J connectivity index is 2.48. The second-order valence-electron chi connectivity index (χ2n) is 17.8. The highest BCUT2D eigenvalue weighted by Crippen LogP contribution is 2.40. The number of rotatable bonds is 36. The molecule has 328 valence electrons. The zero-order chi connectivity index (χ0) is 42.3. The predicted octanol–water partition coefficient (Wildman–Crippen LogP) is 17.1. The maximum Gasteiger partial charge on any atom is 0.0687 e. The Kier molecular flexibility index (Phi) is 34.4. The molecule has 0 radical (unpaired) electrons. The van der Waals surface area contributed by atoms with Gasteiger partial charge in [0.25, 0.3) is 0 Å². The molecule has 0 bridgehead atoms. The molecule has 0 saturated carbocycles. The third-order valence-corrected chi connectivity index (χ3v) is 11.8. The van der Waals surface area contributed by atoms with E-state index in [1.54, 1.807) is 0 Å². The molecule has 0 aliphatic carbocycles. The third kappa shape index (κ3) is 29.6. The highest BCUT2D eigenvalue weighted by molar-refractivity contribution is 5.29. The molecule has 0 N–H and O–H groups in total. The van der Waals surface area contributed by atoms with Gasteiger partial charge in [-0.2, -0.15) is 0 Å². The quantitative estimate of drug-likeness (QED) is 0.0271. The van der Waals surface area contributed by atoms with E-state index in [1.165, 1.54) is 140 Å². The van der Waals surface area contributed by atoms with Gasteiger partial charge < -0.3 is 9.64 Å². The predicted molar refractivity (Wildman–Crippen MR) is 261 cm³/mol. The zero-order valence-electron chi connectivity index (χ0n) is 39.2. The van der Waals surface area contributed by atoms with Crippen molar-refractivity contribution in [3.8, 4) is 11.8 Å². The summed E-state index contributed by atoms with van der Waals surface area (Å²) in [4.78, 5) is 2.51. The molecule has 0 aromatic rings. The van der Waals surface area contributed by atoms with Gasteiger partial charge in [0.1, 0.15) is 0 Å². The van der Waals surface area contributed by atoms with Crippen molar-refractivity contribution in [3.63, 3.8) is 0 Å². The zero-order valence-corrected chi connectivity index (χ0v) is 39.2. The molecule has 0 spiro atoms. The first-order valence-electron chi connectivity index (χ1n) is 24.3. The van der Waals surface area contributed by atoms with E-state index in [2.05, 4.69) is 138 Å². The normalized spacial score (nSPS) is 18.1. The molecule has 1 aliphatic heterocycles. The van der Waals surface area contributed by atoms with Crippen LogP contribution in [0.4, 0.5) is 0 Å². The number of unbranched alkanes of at least 4 members (excludes halogenated alkanes) is 16. The van der Waals surface area contributed by atoms with Gasteiger partial charge in [-0.15, -0.1) is 0 Å². The molecule has 2 unspecified atom stereocenters. The van der Waals surface area contributed by atoms with Crippen LogP contribution in [0.25, 0.3) is 0 Å². The molecule has 1 aliphatic rings. The number of ether oxygens (including phenoxy) is 1. The van der Waals surface area contributed by atoms with E-state index in [9.17, 15) is 0 Å². The van der Waals surface area contributed by atoms with Gasteiger partial charge in [-0.1, -0.05) is 195 Å². The van der Waals surface area contributed by atoms with Crippen LogP contribution in [0.3, 0.4) is 0 Å². The fourth-order valence-electron chi connectivity index (χ4n) is 8.33. The molecule has 0 aromatic heterocycles. The first-order chi connectivity index (χ1) is 28.3. The Morgan fingerprint density at radius 2 is 1.31 bits per heavy atom. The van der Waals surface area contributed by atoms with Crippen LogP contribution in [0.5, 0.6) is 0 Å². The first-order valence-corrected chi connectivity index (χ1v) is 24.3. The summed E-state index contributed by atoms with van der Waals surface area (Å²) in [6.07, 6.45) is 65.3. The van der Waals surface area contributed by atoms with Crippen LogP contribution in [0.2, 0.25) is 0 Å². The van der Waals surface area contributed by atoms with Crippen LogP contribution in [0.1, 0.15) is 208 Å². The van der Waals surface area contributed by atoms with E-state index >= 15 is 0 Å². The Morgan fingerprint density at radius 1 is 0.724 bits per heavy atom. The van der Waals surface area contributed by atoms with Crippen molar-refractivity contribution in [3.05, 3.63) is 97.2 Å². The minimum atomic E-state index is 0.0738. The Bertz CT molecular complexity index is 1260. The minimum Gasteiger partial charge on any atom is -0.372 e. The Morgan fingerprint density at radius 3 is 1.95 bits per heavy atom. The smallest absolute Gasteiger partial charge is 0.0687 e. The average molecular weight is 796 g/mol. The van der Waals surface area contributed by atoms with Crippen molar-refractivity contribution in [1.82, 2.24) is 4.90 Å². The van der Waals surface area contributed by atoms with E-state index in [4.69, 9.17) is 4.74 Å². The van der Waals surface area contributed by atoms with Crippen LogP contribution in [-0.4, -0.2) is 36.7 Å². The third-order valence-electron chi connectivity index (χ3n) is 11.8. The van der Waals surface area contributed by atoms with E-state index in [0.717, 1.165) is 51.6 Å². The van der Waals surface area contributed by atoms with Gasteiger partial charge in [-0.25, -0.2) is 0 Å². The molecular formula is C56H93NO. The number of hydrogen-bond donors (Lipinski definition) is 0. The van der Waals surface area contributed by atoms with E-state index in [-0.39, 0.29) is 11.0 Å². The van der Waals surface area contributed by atoms with Crippen molar-refractivity contribution < 1.29 is 4.74 Å². The van der Waals surface area contributed by atoms with Gasteiger partial charge in [0, 0.05) is 24.9 Å². The van der Waals surface area contributed by atoms with Crippen LogP contribution in [0, 0.1) is 17.3 Å². The Labute approximate surface area is 362 Å². The highest BCUT2D eigenvalue weighted by atomic mass is 16.5. The van der Waals surface area contributed by atoms with Gasteiger partial charge in [0.05, 0.1) is 11.7 Å². The lowest BCUT2D eigenvalue weighted by Gasteiger charge is -2.33. The number of allylic oxidation sites excluding steroid dienone is 14. The lowest BCUT2D eigenvalue weighted by atomic mass is 9.83. The van der Waals surface area contributed by atoms with Crippen LogP contribution >= 0.6 is 0 Å². The first kappa shape index (κ1) is 53.4. The molecule has 0 aromatic carbocycles. The second kappa shape index (κ2) is 37.4.